The Morgan fingerprint density at radius 1 is 1.13 bits per heavy atom. The van der Waals surface area contributed by atoms with E-state index in [-0.39, 0.29) is 11.8 Å². The second-order valence-corrected chi connectivity index (χ2v) is 7.73. The Balaban J connectivity index is 1.26. The Hall–Kier alpha value is -3.42. The molecule has 8 heteroatoms. The molecular weight excluding hydrogens is 392 g/mol. The highest BCUT2D eigenvalue weighted by Gasteiger charge is 2.25. The Morgan fingerprint density at radius 2 is 1.87 bits per heavy atom. The number of benzene rings is 1. The molecule has 1 fully saturated rings. The van der Waals surface area contributed by atoms with Crippen molar-refractivity contribution < 1.29 is 9.53 Å². The van der Waals surface area contributed by atoms with E-state index in [4.69, 9.17) is 4.74 Å². The quantitative estimate of drug-likeness (QED) is 0.632. The van der Waals surface area contributed by atoms with E-state index in [1.54, 1.807) is 19.6 Å². The van der Waals surface area contributed by atoms with E-state index >= 15 is 0 Å². The third-order valence-corrected chi connectivity index (χ3v) is 5.77. The normalized spacial score (nSPS) is 14.5. The number of rotatable bonds is 7. The number of imidazole rings is 1. The van der Waals surface area contributed by atoms with Crippen LogP contribution in [-0.2, 0) is 11.2 Å². The number of nitrogens with zero attached hydrogens (tertiary/aromatic N) is 5. The first-order valence-corrected chi connectivity index (χ1v) is 10.6. The molecule has 1 amide bonds. The number of methoxy groups -OCH3 is 1. The van der Waals surface area contributed by atoms with E-state index in [0.29, 0.717) is 6.54 Å². The van der Waals surface area contributed by atoms with Crippen LogP contribution >= 0.6 is 0 Å². The van der Waals surface area contributed by atoms with Crippen LogP contribution in [0.2, 0.25) is 0 Å². The number of nitrogens with one attached hydrogen (secondary N) is 1. The van der Waals surface area contributed by atoms with Gasteiger partial charge in [-0.05, 0) is 43.9 Å². The monoisotopic (exact) mass is 420 g/mol. The third kappa shape index (κ3) is 5.02. The Morgan fingerprint density at radius 3 is 2.55 bits per heavy atom. The standard InChI is InChI=1S/C23H28N6O2/c1-17-24-11-14-29(17)22-15-21(26-16-27-22)28-12-8-19(9-13-28)23(30)25-10-7-18-3-5-20(31-2)6-4-18/h3-6,11,14-16,19H,7-10,12-13H2,1-2H3,(H,25,30). The minimum absolute atomic E-state index is 0.0457. The van der Waals surface area contributed by atoms with E-state index in [1.807, 2.05) is 48.0 Å². The topological polar surface area (TPSA) is 85.2 Å². The van der Waals surface area contributed by atoms with E-state index in [9.17, 15) is 4.79 Å². The summed E-state index contributed by atoms with van der Waals surface area (Å²) >= 11 is 0. The number of piperidine rings is 1. The number of carbonyl (C=O) groups excluding carboxylic acids is 1. The molecule has 3 heterocycles. The van der Waals surface area contributed by atoms with Crippen molar-refractivity contribution in [3.63, 3.8) is 0 Å². The highest BCUT2D eigenvalue weighted by Crippen LogP contribution is 2.23. The smallest absolute Gasteiger partial charge is 0.223 e. The van der Waals surface area contributed by atoms with Crippen molar-refractivity contribution in [1.29, 1.82) is 0 Å². The summed E-state index contributed by atoms with van der Waals surface area (Å²) in [6.45, 7) is 4.19. The van der Waals surface area contributed by atoms with E-state index < -0.39 is 0 Å². The number of aromatic nitrogens is 4. The van der Waals surface area contributed by atoms with Gasteiger partial charge < -0.3 is 15.0 Å². The third-order valence-electron chi connectivity index (χ3n) is 5.77. The SMILES string of the molecule is COc1ccc(CCNC(=O)C2CCN(c3cc(-n4ccnc4C)ncn3)CC2)cc1. The van der Waals surface area contributed by atoms with E-state index in [0.717, 1.165) is 55.6 Å². The molecule has 1 N–H and O–H groups in total. The molecule has 0 aliphatic carbocycles. The van der Waals surface area contributed by atoms with Gasteiger partial charge in [0.1, 0.15) is 29.5 Å². The molecule has 1 aliphatic heterocycles. The molecule has 0 atom stereocenters. The molecular formula is C23H28N6O2. The average molecular weight is 421 g/mol. The number of ether oxygens (including phenoxy) is 1. The van der Waals surface area contributed by atoms with E-state index in [2.05, 4.69) is 25.2 Å². The second-order valence-electron chi connectivity index (χ2n) is 7.73. The van der Waals surface area contributed by atoms with Crippen molar-refractivity contribution in [1.82, 2.24) is 24.8 Å². The molecule has 0 spiro atoms. The lowest BCUT2D eigenvalue weighted by atomic mass is 9.96. The average Bonchev–Trinajstić information content (AvgIpc) is 3.25. The summed E-state index contributed by atoms with van der Waals surface area (Å²) in [7, 11) is 1.66. The van der Waals surface area contributed by atoms with Gasteiger partial charge >= 0.3 is 0 Å². The Labute approximate surface area is 182 Å². The molecule has 0 saturated carbocycles. The van der Waals surface area contributed by atoms with Crippen LogP contribution in [0.15, 0.2) is 49.1 Å². The maximum Gasteiger partial charge on any atom is 0.223 e. The van der Waals surface area contributed by atoms with E-state index in [1.165, 1.54) is 5.56 Å². The Kier molecular flexibility index (Phi) is 6.45. The highest BCUT2D eigenvalue weighted by atomic mass is 16.5. The first-order chi connectivity index (χ1) is 15.1. The predicted octanol–water partition coefficient (Wildman–Crippen LogP) is 2.55. The largest absolute Gasteiger partial charge is 0.497 e. The number of hydrogen-bond acceptors (Lipinski definition) is 6. The van der Waals surface area contributed by atoms with Crippen LogP contribution in [0.4, 0.5) is 5.82 Å². The summed E-state index contributed by atoms with van der Waals surface area (Å²) in [5, 5.41) is 3.09. The number of amides is 1. The Bertz CT molecular complexity index is 1010. The summed E-state index contributed by atoms with van der Waals surface area (Å²) < 4.78 is 7.12. The number of carbonyl (C=O) groups is 1. The molecule has 3 aromatic rings. The van der Waals surface area contributed by atoms with Crippen molar-refractivity contribution in [2.45, 2.75) is 26.2 Å². The minimum Gasteiger partial charge on any atom is -0.497 e. The van der Waals surface area contributed by atoms with Crippen molar-refractivity contribution >= 4 is 11.7 Å². The zero-order valence-corrected chi connectivity index (χ0v) is 18.0. The van der Waals surface area contributed by atoms with Gasteiger partial charge in [-0.25, -0.2) is 15.0 Å². The fourth-order valence-corrected chi connectivity index (χ4v) is 3.90. The molecule has 4 rings (SSSR count). The van der Waals surface area contributed by atoms with Crippen molar-refractivity contribution in [2.24, 2.45) is 5.92 Å². The fraction of sp³-hybridized carbons (Fsp3) is 0.391. The zero-order chi connectivity index (χ0) is 21.6. The van der Waals surface area contributed by atoms with Crippen LogP contribution in [0.5, 0.6) is 5.75 Å². The summed E-state index contributed by atoms with van der Waals surface area (Å²) in [5.74, 6) is 3.61. The van der Waals surface area contributed by atoms with Gasteiger partial charge in [0.2, 0.25) is 5.91 Å². The van der Waals surface area contributed by atoms with Gasteiger partial charge in [0, 0.05) is 44.0 Å². The molecule has 2 aromatic heterocycles. The molecule has 1 aliphatic rings. The van der Waals surface area contributed by atoms with Crippen LogP contribution in [0.25, 0.3) is 5.82 Å². The van der Waals surface area contributed by atoms with Gasteiger partial charge in [-0.1, -0.05) is 12.1 Å². The minimum atomic E-state index is 0.0457. The van der Waals surface area contributed by atoms with Crippen LogP contribution in [-0.4, -0.2) is 52.2 Å². The van der Waals surface area contributed by atoms with Gasteiger partial charge in [-0.15, -0.1) is 0 Å². The molecule has 0 bridgehead atoms. The van der Waals surface area contributed by atoms with Crippen LogP contribution in [0.3, 0.4) is 0 Å². The summed E-state index contributed by atoms with van der Waals surface area (Å²) in [4.78, 5) is 27.9. The molecule has 0 unspecified atom stereocenters. The fourth-order valence-electron chi connectivity index (χ4n) is 3.90. The zero-order valence-electron chi connectivity index (χ0n) is 18.0. The maximum absolute atomic E-state index is 12.6. The summed E-state index contributed by atoms with van der Waals surface area (Å²) in [5.41, 5.74) is 1.18. The second kappa shape index (κ2) is 9.59. The van der Waals surface area contributed by atoms with Crippen LogP contribution < -0.4 is 15.0 Å². The van der Waals surface area contributed by atoms with Crippen molar-refractivity contribution in [3.05, 3.63) is 60.4 Å². The van der Waals surface area contributed by atoms with Gasteiger partial charge in [0.05, 0.1) is 7.11 Å². The van der Waals surface area contributed by atoms with Crippen molar-refractivity contribution in [2.75, 3.05) is 31.6 Å². The van der Waals surface area contributed by atoms with Gasteiger partial charge in [0.15, 0.2) is 0 Å². The summed E-state index contributed by atoms with van der Waals surface area (Å²) in [6, 6.07) is 9.93. The lowest BCUT2D eigenvalue weighted by Gasteiger charge is -2.32. The number of aryl methyl sites for hydroxylation is 1. The molecule has 162 valence electrons. The lowest BCUT2D eigenvalue weighted by molar-refractivity contribution is -0.125. The summed E-state index contributed by atoms with van der Waals surface area (Å²) in [6.07, 6.45) is 7.68. The van der Waals surface area contributed by atoms with Crippen molar-refractivity contribution in [3.8, 4) is 11.6 Å². The van der Waals surface area contributed by atoms with Crippen LogP contribution in [0.1, 0.15) is 24.2 Å². The van der Waals surface area contributed by atoms with Gasteiger partial charge in [-0.2, -0.15) is 0 Å². The van der Waals surface area contributed by atoms with Gasteiger partial charge in [-0.3, -0.25) is 9.36 Å². The molecule has 31 heavy (non-hydrogen) atoms. The molecule has 8 nitrogen and oxygen atoms in total. The highest BCUT2D eigenvalue weighted by molar-refractivity contribution is 5.79. The number of hydrogen-bond donors (Lipinski definition) is 1. The predicted molar refractivity (Wildman–Crippen MR) is 119 cm³/mol. The first-order valence-electron chi connectivity index (χ1n) is 10.6. The van der Waals surface area contributed by atoms with Crippen LogP contribution in [0, 0.1) is 12.8 Å². The maximum atomic E-state index is 12.6. The lowest BCUT2D eigenvalue weighted by Crippen LogP contribution is -2.41. The first kappa shape index (κ1) is 20.8. The molecule has 1 aromatic carbocycles. The molecule has 1 saturated heterocycles. The molecule has 0 radical (unpaired) electrons. The van der Waals surface area contributed by atoms with Gasteiger partial charge in [0.25, 0.3) is 0 Å². The number of anilines is 1.